The highest BCUT2D eigenvalue weighted by Gasteiger charge is 2.10. The number of rotatable bonds is 3. The van der Waals surface area contributed by atoms with E-state index in [4.69, 9.17) is 23.1 Å². The SMILES string of the molecule is Cl.NCC[C@H](N)c1cc(Cl)ccc1O. The number of nitrogens with two attached hydrogens (primary N) is 2. The highest BCUT2D eigenvalue weighted by Crippen LogP contribution is 2.27. The summed E-state index contributed by atoms with van der Waals surface area (Å²) in [5, 5.41) is 10.0. The Balaban J connectivity index is 0.00000169. The van der Waals surface area contributed by atoms with Crippen LogP contribution in [0.25, 0.3) is 0 Å². The molecule has 1 atom stereocenters. The lowest BCUT2D eigenvalue weighted by Crippen LogP contribution is -2.15. The van der Waals surface area contributed by atoms with Crippen molar-refractivity contribution in [1.82, 2.24) is 0 Å². The Morgan fingerprint density at radius 3 is 2.64 bits per heavy atom. The lowest BCUT2D eigenvalue weighted by Gasteiger charge is -2.12. The Hall–Kier alpha value is -0.480. The second kappa shape index (κ2) is 6.09. The van der Waals surface area contributed by atoms with Crippen molar-refractivity contribution in [2.45, 2.75) is 12.5 Å². The third-order valence-electron chi connectivity index (χ3n) is 1.87. The van der Waals surface area contributed by atoms with Crippen molar-refractivity contribution in [3.63, 3.8) is 0 Å². The molecule has 0 radical (unpaired) electrons. The number of phenols is 1. The molecule has 1 rings (SSSR count). The Bertz CT molecular complexity index is 294. The summed E-state index contributed by atoms with van der Waals surface area (Å²) >= 11 is 5.76. The van der Waals surface area contributed by atoms with E-state index in [-0.39, 0.29) is 24.2 Å². The van der Waals surface area contributed by atoms with Crippen molar-refractivity contribution in [3.8, 4) is 5.75 Å². The molecule has 0 aromatic heterocycles. The third kappa shape index (κ3) is 3.35. The van der Waals surface area contributed by atoms with E-state index in [1.807, 2.05) is 0 Å². The van der Waals surface area contributed by atoms with Crippen molar-refractivity contribution in [3.05, 3.63) is 28.8 Å². The van der Waals surface area contributed by atoms with E-state index in [1.54, 1.807) is 12.1 Å². The highest BCUT2D eigenvalue weighted by atomic mass is 35.5. The summed E-state index contributed by atoms with van der Waals surface area (Å²) in [6.07, 6.45) is 0.633. The van der Waals surface area contributed by atoms with Crippen LogP contribution in [0.2, 0.25) is 5.02 Å². The Morgan fingerprint density at radius 1 is 1.43 bits per heavy atom. The smallest absolute Gasteiger partial charge is 0.120 e. The average Bonchev–Trinajstić information content (AvgIpc) is 2.09. The average molecular weight is 237 g/mol. The van der Waals surface area contributed by atoms with Gasteiger partial charge in [-0.25, -0.2) is 0 Å². The fraction of sp³-hybridized carbons (Fsp3) is 0.333. The summed E-state index contributed by atoms with van der Waals surface area (Å²) in [4.78, 5) is 0. The third-order valence-corrected chi connectivity index (χ3v) is 2.10. The summed E-state index contributed by atoms with van der Waals surface area (Å²) in [6.45, 7) is 0.493. The van der Waals surface area contributed by atoms with E-state index in [9.17, 15) is 5.11 Å². The molecule has 5 N–H and O–H groups in total. The first kappa shape index (κ1) is 13.5. The van der Waals surface area contributed by atoms with Crippen LogP contribution in [0.15, 0.2) is 18.2 Å². The normalized spacial score (nSPS) is 11.9. The molecule has 0 fully saturated rings. The molecule has 0 spiro atoms. The molecule has 0 saturated heterocycles. The van der Waals surface area contributed by atoms with Gasteiger partial charge in [-0.2, -0.15) is 0 Å². The van der Waals surface area contributed by atoms with Crippen LogP contribution in [0.1, 0.15) is 18.0 Å². The van der Waals surface area contributed by atoms with Crippen molar-refractivity contribution in [2.24, 2.45) is 11.5 Å². The molecule has 1 aromatic rings. The molecule has 5 heteroatoms. The molecule has 14 heavy (non-hydrogen) atoms. The summed E-state index contributed by atoms with van der Waals surface area (Å²) in [5.74, 6) is 0.172. The summed E-state index contributed by atoms with van der Waals surface area (Å²) in [5.41, 5.74) is 11.8. The van der Waals surface area contributed by atoms with Gasteiger partial charge in [-0.1, -0.05) is 11.6 Å². The largest absolute Gasteiger partial charge is 0.508 e. The standard InChI is InChI=1S/C9H13ClN2O.ClH/c10-6-1-2-9(13)7(5-6)8(12)3-4-11;/h1-2,5,8,13H,3-4,11-12H2;1H/t8-;/m0./s1. The van der Waals surface area contributed by atoms with Crippen molar-refractivity contribution < 1.29 is 5.11 Å². The van der Waals surface area contributed by atoms with Crippen molar-refractivity contribution in [1.29, 1.82) is 0 Å². The van der Waals surface area contributed by atoms with Gasteiger partial charge in [-0.15, -0.1) is 12.4 Å². The number of phenolic OH excluding ortho intramolecular Hbond substituents is 1. The predicted octanol–water partition coefficient (Wildman–Crippen LogP) is 1.82. The van der Waals surface area contributed by atoms with Gasteiger partial charge in [0.15, 0.2) is 0 Å². The van der Waals surface area contributed by atoms with E-state index in [0.717, 1.165) is 0 Å². The number of hydrogen-bond donors (Lipinski definition) is 3. The number of hydrogen-bond acceptors (Lipinski definition) is 3. The molecule has 0 unspecified atom stereocenters. The topological polar surface area (TPSA) is 72.3 Å². The Labute approximate surface area is 94.5 Å². The number of halogens is 2. The van der Waals surface area contributed by atoms with Crippen LogP contribution in [0.5, 0.6) is 5.75 Å². The molecular formula is C9H14Cl2N2O. The van der Waals surface area contributed by atoms with E-state index >= 15 is 0 Å². The van der Waals surface area contributed by atoms with Crippen LogP contribution in [0.3, 0.4) is 0 Å². The minimum absolute atomic E-state index is 0. The molecule has 0 heterocycles. The van der Waals surface area contributed by atoms with Gasteiger partial charge >= 0.3 is 0 Å². The summed E-state index contributed by atoms with van der Waals surface area (Å²) in [7, 11) is 0. The van der Waals surface area contributed by atoms with Crippen LogP contribution in [-0.2, 0) is 0 Å². The lowest BCUT2D eigenvalue weighted by molar-refractivity contribution is 0.459. The van der Waals surface area contributed by atoms with E-state index in [1.165, 1.54) is 6.07 Å². The van der Waals surface area contributed by atoms with E-state index in [2.05, 4.69) is 0 Å². The molecule has 3 nitrogen and oxygen atoms in total. The second-order valence-corrected chi connectivity index (χ2v) is 3.32. The van der Waals surface area contributed by atoms with Gasteiger partial charge in [-0.3, -0.25) is 0 Å². The quantitative estimate of drug-likeness (QED) is 0.750. The predicted molar refractivity (Wildman–Crippen MR) is 61.0 cm³/mol. The maximum atomic E-state index is 9.45. The van der Waals surface area contributed by atoms with Crippen molar-refractivity contribution in [2.75, 3.05) is 6.54 Å². The first-order valence-corrected chi connectivity index (χ1v) is 4.47. The molecule has 0 aliphatic carbocycles. The van der Waals surface area contributed by atoms with Gasteiger partial charge in [-0.05, 0) is 31.2 Å². The van der Waals surface area contributed by atoms with Crippen LogP contribution in [-0.4, -0.2) is 11.7 Å². The molecule has 80 valence electrons. The molecular weight excluding hydrogens is 223 g/mol. The molecule has 0 bridgehead atoms. The molecule has 1 aromatic carbocycles. The second-order valence-electron chi connectivity index (χ2n) is 2.89. The molecule has 0 aliphatic heterocycles. The molecule has 0 saturated carbocycles. The fourth-order valence-corrected chi connectivity index (χ4v) is 1.34. The van der Waals surface area contributed by atoms with Gasteiger partial charge < -0.3 is 16.6 Å². The minimum Gasteiger partial charge on any atom is -0.508 e. The van der Waals surface area contributed by atoms with Crippen LogP contribution in [0, 0.1) is 0 Å². The first-order valence-electron chi connectivity index (χ1n) is 4.09. The zero-order valence-corrected chi connectivity index (χ0v) is 9.18. The molecule has 0 amide bonds. The van der Waals surface area contributed by atoms with Crippen LogP contribution >= 0.6 is 24.0 Å². The maximum absolute atomic E-state index is 9.45. The Kier molecular flexibility index (Phi) is 5.88. The van der Waals surface area contributed by atoms with E-state index in [0.29, 0.717) is 23.6 Å². The molecule has 0 aliphatic rings. The van der Waals surface area contributed by atoms with E-state index < -0.39 is 0 Å². The van der Waals surface area contributed by atoms with Gasteiger partial charge in [0.1, 0.15) is 5.75 Å². The lowest BCUT2D eigenvalue weighted by atomic mass is 10.0. The minimum atomic E-state index is -0.247. The van der Waals surface area contributed by atoms with Gasteiger partial charge in [0, 0.05) is 16.6 Å². The fourth-order valence-electron chi connectivity index (χ4n) is 1.16. The van der Waals surface area contributed by atoms with Crippen molar-refractivity contribution >= 4 is 24.0 Å². The highest BCUT2D eigenvalue weighted by molar-refractivity contribution is 6.30. The first-order chi connectivity index (χ1) is 6.15. The number of benzene rings is 1. The monoisotopic (exact) mass is 236 g/mol. The maximum Gasteiger partial charge on any atom is 0.120 e. The zero-order valence-electron chi connectivity index (χ0n) is 7.61. The zero-order chi connectivity index (χ0) is 9.84. The van der Waals surface area contributed by atoms with Crippen LogP contribution < -0.4 is 11.5 Å². The summed E-state index contributed by atoms with van der Waals surface area (Å²) < 4.78 is 0. The van der Waals surface area contributed by atoms with Gasteiger partial charge in [0.25, 0.3) is 0 Å². The number of aromatic hydroxyl groups is 1. The Morgan fingerprint density at radius 2 is 2.07 bits per heavy atom. The van der Waals surface area contributed by atoms with Gasteiger partial charge in [0.2, 0.25) is 0 Å². The summed E-state index contributed by atoms with van der Waals surface area (Å²) in [6, 6.07) is 4.57. The van der Waals surface area contributed by atoms with Gasteiger partial charge in [0.05, 0.1) is 0 Å². The van der Waals surface area contributed by atoms with Crippen LogP contribution in [0.4, 0.5) is 0 Å².